The van der Waals surface area contributed by atoms with Crippen LogP contribution in [0.1, 0.15) is 12.5 Å². The van der Waals surface area contributed by atoms with Gasteiger partial charge >= 0.3 is 0 Å². The summed E-state index contributed by atoms with van der Waals surface area (Å²) in [5, 5.41) is 13.9. The van der Waals surface area contributed by atoms with Crippen LogP contribution in [0.4, 0.5) is 17.1 Å². The van der Waals surface area contributed by atoms with E-state index >= 15 is 0 Å². The normalized spacial score (nSPS) is 15.1. The van der Waals surface area contributed by atoms with Crippen molar-refractivity contribution in [1.82, 2.24) is 19.7 Å². The van der Waals surface area contributed by atoms with Gasteiger partial charge in [-0.15, -0.1) is 0 Å². The first-order chi connectivity index (χ1) is 14.7. The number of rotatable bonds is 5. The van der Waals surface area contributed by atoms with Crippen molar-refractivity contribution in [1.29, 1.82) is 0 Å². The molecule has 0 spiro atoms. The van der Waals surface area contributed by atoms with Crippen LogP contribution in [0, 0.1) is 0 Å². The van der Waals surface area contributed by atoms with Gasteiger partial charge in [-0.05, 0) is 36.4 Å². The number of hydrogen-bond donors (Lipinski definition) is 3. The molecule has 8 nitrogen and oxygen atoms in total. The molecule has 3 N–H and O–H groups in total. The summed E-state index contributed by atoms with van der Waals surface area (Å²) in [5.41, 5.74) is 2.95. The lowest BCUT2D eigenvalue weighted by atomic mass is 10.2. The monoisotopic (exact) mass is 418 g/mol. The lowest BCUT2D eigenvalue weighted by molar-refractivity contribution is -0.116. The SMILES string of the molecule is O=C(CC1CSc2nc3[nH]ncc3c(=O)n21)Nc1ccc(Nc2ccccc2)cc1. The maximum Gasteiger partial charge on any atom is 0.265 e. The Balaban J connectivity index is 1.26. The molecule has 1 aliphatic rings. The molecule has 9 heteroatoms. The van der Waals surface area contributed by atoms with E-state index in [-0.39, 0.29) is 23.9 Å². The fourth-order valence-electron chi connectivity index (χ4n) is 3.46. The predicted molar refractivity (Wildman–Crippen MR) is 117 cm³/mol. The molecule has 3 heterocycles. The van der Waals surface area contributed by atoms with Crippen LogP contribution in [-0.4, -0.2) is 31.4 Å². The summed E-state index contributed by atoms with van der Waals surface area (Å²) in [6.45, 7) is 0. The number of aromatic nitrogens is 4. The number of carbonyl (C=O) groups is 1. The van der Waals surface area contributed by atoms with Crippen LogP contribution in [0.5, 0.6) is 0 Å². The summed E-state index contributed by atoms with van der Waals surface area (Å²) < 4.78 is 1.61. The third-order valence-corrected chi connectivity index (χ3v) is 6.00. The van der Waals surface area contributed by atoms with Gasteiger partial charge in [-0.1, -0.05) is 30.0 Å². The van der Waals surface area contributed by atoms with Crippen molar-refractivity contribution in [3.8, 4) is 0 Å². The topological polar surface area (TPSA) is 105 Å². The zero-order valence-corrected chi connectivity index (χ0v) is 16.6. The van der Waals surface area contributed by atoms with E-state index < -0.39 is 0 Å². The van der Waals surface area contributed by atoms with E-state index in [0.717, 1.165) is 11.4 Å². The Morgan fingerprint density at radius 2 is 1.83 bits per heavy atom. The second kappa shape index (κ2) is 7.68. The predicted octanol–water partition coefficient (Wildman–Crippen LogP) is 3.54. The number of nitrogens with one attached hydrogen (secondary N) is 3. The first-order valence-electron chi connectivity index (χ1n) is 9.48. The standard InChI is InChI=1S/C21H18N6O2S/c28-18(24-15-8-6-14(7-9-15)23-13-4-2-1-3-5-13)10-16-12-30-21-25-19-17(11-22-26-19)20(29)27(16)21/h1-9,11,16,23H,10,12H2,(H,22,26)(H,24,28). The molecule has 2 aromatic heterocycles. The fraction of sp³-hybridized carbons (Fsp3) is 0.143. The van der Waals surface area contributed by atoms with Crippen LogP contribution >= 0.6 is 11.8 Å². The van der Waals surface area contributed by atoms with Gasteiger partial charge in [0.2, 0.25) is 5.91 Å². The van der Waals surface area contributed by atoms with Gasteiger partial charge in [-0.25, -0.2) is 4.98 Å². The highest BCUT2D eigenvalue weighted by molar-refractivity contribution is 7.99. The van der Waals surface area contributed by atoms with Crippen LogP contribution in [0.25, 0.3) is 11.0 Å². The number of fused-ring (bicyclic) bond motifs is 2. The number of para-hydroxylation sites is 1. The van der Waals surface area contributed by atoms with Gasteiger partial charge in [0, 0.05) is 29.2 Å². The van der Waals surface area contributed by atoms with E-state index in [4.69, 9.17) is 0 Å². The van der Waals surface area contributed by atoms with Crippen molar-refractivity contribution in [2.75, 3.05) is 16.4 Å². The van der Waals surface area contributed by atoms with Crippen molar-refractivity contribution >= 4 is 45.8 Å². The number of carbonyl (C=O) groups excluding carboxylic acids is 1. The Labute approximate surface area is 175 Å². The quantitative estimate of drug-likeness (QED) is 0.428. The van der Waals surface area contributed by atoms with Crippen LogP contribution in [0.3, 0.4) is 0 Å². The molecule has 0 fully saturated rings. The Morgan fingerprint density at radius 1 is 1.10 bits per heavy atom. The zero-order valence-electron chi connectivity index (χ0n) is 15.8. The van der Waals surface area contributed by atoms with E-state index in [9.17, 15) is 9.59 Å². The van der Waals surface area contributed by atoms with E-state index in [0.29, 0.717) is 27.6 Å². The smallest absolute Gasteiger partial charge is 0.265 e. The van der Waals surface area contributed by atoms with E-state index in [1.165, 1.54) is 18.0 Å². The van der Waals surface area contributed by atoms with E-state index in [1.54, 1.807) is 4.57 Å². The molecule has 0 radical (unpaired) electrons. The lowest BCUT2D eigenvalue weighted by Crippen LogP contribution is -2.27. The molecule has 0 aliphatic carbocycles. The number of amides is 1. The highest BCUT2D eigenvalue weighted by atomic mass is 32.2. The van der Waals surface area contributed by atoms with Crippen molar-refractivity contribution in [2.24, 2.45) is 0 Å². The molecule has 2 aromatic carbocycles. The largest absolute Gasteiger partial charge is 0.356 e. The van der Waals surface area contributed by atoms with Gasteiger partial charge in [0.25, 0.3) is 5.56 Å². The van der Waals surface area contributed by atoms with E-state index in [1.807, 2.05) is 54.6 Å². The molecule has 0 saturated carbocycles. The first-order valence-corrected chi connectivity index (χ1v) is 10.5. The summed E-state index contributed by atoms with van der Waals surface area (Å²) in [5.74, 6) is 0.492. The third-order valence-electron chi connectivity index (χ3n) is 4.90. The number of thioether (sulfide) groups is 1. The molecule has 150 valence electrons. The molecule has 0 bridgehead atoms. The van der Waals surface area contributed by atoms with Crippen LogP contribution < -0.4 is 16.2 Å². The van der Waals surface area contributed by atoms with Crippen molar-refractivity contribution in [3.05, 3.63) is 71.1 Å². The van der Waals surface area contributed by atoms with Gasteiger partial charge in [0.15, 0.2) is 10.8 Å². The van der Waals surface area contributed by atoms with Gasteiger partial charge in [-0.2, -0.15) is 5.10 Å². The zero-order chi connectivity index (χ0) is 20.5. The lowest BCUT2D eigenvalue weighted by Gasteiger charge is -2.13. The van der Waals surface area contributed by atoms with E-state index in [2.05, 4.69) is 25.8 Å². The number of benzene rings is 2. The average molecular weight is 418 g/mol. The summed E-state index contributed by atoms with van der Waals surface area (Å²) in [6.07, 6.45) is 1.68. The minimum absolute atomic E-state index is 0.142. The van der Waals surface area contributed by atoms with Crippen LogP contribution in [0.2, 0.25) is 0 Å². The molecule has 0 saturated heterocycles. The summed E-state index contributed by atoms with van der Waals surface area (Å²) in [4.78, 5) is 29.8. The van der Waals surface area contributed by atoms with Crippen molar-refractivity contribution < 1.29 is 4.79 Å². The highest BCUT2D eigenvalue weighted by Gasteiger charge is 2.28. The number of aromatic amines is 1. The Kier molecular flexibility index (Phi) is 4.72. The second-order valence-corrected chi connectivity index (χ2v) is 7.97. The van der Waals surface area contributed by atoms with Crippen LogP contribution in [0.15, 0.2) is 70.7 Å². The Morgan fingerprint density at radius 3 is 2.63 bits per heavy atom. The maximum absolute atomic E-state index is 12.7. The maximum atomic E-state index is 12.7. The van der Waals surface area contributed by atoms with Gasteiger partial charge in [-0.3, -0.25) is 19.3 Å². The molecule has 1 aliphatic heterocycles. The number of H-pyrrole nitrogens is 1. The summed E-state index contributed by atoms with van der Waals surface area (Å²) in [7, 11) is 0. The van der Waals surface area contributed by atoms with Gasteiger partial charge in [0.05, 0.1) is 12.2 Å². The average Bonchev–Trinajstić information content (AvgIpc) is 3.38. The number of hydrogen-bond acceptors (Lipinski definition) is 6. The molecular weight excluding hydrogens is 400 g/mol. The Bertz CT molecular complexity index is 1270. The van der Waals surface area contributed by atoms with Gasteiger partial charge < -0.3 is 10.6 Å². The minimum Gasteiger partial charge on any atom is -0.356 e. The molecule has 1 unspecified atom stereocenters. The van der Waals surface area contributed by atoms with Crippen molar-refractivity contribution in [3.63, 3.8) is 0 Å². The fourth-order valence-corrected chi connectivity index (χ4v) is 4.59. The molecule has 1 atom stereocenters. The molecule has 30 heavy (non-hydrogen) atoms. The third kappa shape index (κ3) is 3.55. The summed E-state index contributed by atoms with van der Waals surface area (Å²) in [6, 6.07) is 17.2. The number of anilines is 3. The molecule has 1 amide bonds. The first kappa shape index (κ1) is 18.4. The summed E-state index contributed by atoms with van der Waals surface area (Å²) >= 11 is 1.48. The molecular formula is C21H18N6O2S. The molecule has 4 aromatic rings. The van der Waals surface area contributed by atoms with Crippen molar-refractivity contribution in [2.45, 2.75) is 17.6 Å². The number of nitrogens with zero attached hydrogens (tertiary/aromatic N) is 3. The second-order valence-electron chi connectivity index (χ2n) is 6.99. The van der Waals surface area contributed by atoms with Gasteiger partial charge in [0.1, 0.15) is 5.39 Å². The molecule has 5 rings (SSSR count). The minimum atomic E-state index is -0.233. The Hall–Kier alpha value is -3.59. The highest BCUT2D eigenvalue weighted by Crippen LogP contribution is 2.33. The van der Waals surface area contributed by atoms with Crippen LogP contribution in [-0.2, 0) is 4.79 Å².